The number of nitrogens with zero attached hydrogens (tertiary/aromatic N) is 2. The quantitative estimate of drug-likeness (QED) is 0.648. The van der Waals surface area contributed by atoms with E-state index in [0.717, 1.165) is 22.3 Å². The molecule has 3 atom stereocenters. The zero-order valence-electron chi connectivity index (χ0n) is 18.6. The molecule has 1 aromatic heterocycles. The van der Waals surface area contributed by atoms with Gasteiger partial charge in [0.1, 0.15) is 18.5 Å². The number of carbonyl (C=O) groups is 1. The predicted octanol–water partition coefficient (Wildman–Crippen LogP) is 3.60. The van der Waals surface area contributed by atoms with Crippen molar-refractivity contribution in [1.82, 2.24) is 14.6 Å². The smallest absolute Gasteiger partial charge is 0.315 e. The minimum absolute atomic E-state index is 0.490. The molecule has 1 aliphatic heterocycles. The van der Waals surface area contributed by atoms with Crippen LogP contribution in [-0.2, 0) is 19.6 Å². The molecule has 0 radical (unpaired) electrons. The van der Waals surface area contributed by atoms with Crippen molar-refractivity contribution in [2.45, 2.75) is 51.1 Å². The second-order valence-electron chi connectivity index (χ2n) is 8.42. The Hall–Kier alpha value is -2.50. The number of sulfonamides is 1. The average molecular weight is 486 g/mol. The Labute approximate surface area is 191 Å². The Morgan fingerprint density at radius 1 is 1.18 bits per heavy atom. The van der Waals surface area contributed by atoms with Gasteiger partial charge in [-0.25, -0.2) is 17.5 Å². The summed E-state index contributed by atoms with van der Waals surface area (Å²) in [6.45, 7) is 3.57. The van der Waals surface area contributed by atoms with Crippen molar-refractivity contribution in [3.05, 3.63) is 53.9 Å². The molecule has 2 heterocycles. The highest BCUT2D eigenvalue weighted by atomic mass is 32.2. The molecular formula is C22H26F3N3O4S. The number of carbonyl (C=O) groups excluding carboxylic acids is 1. The first-order chi connectivity index (χ1) is 15.3. The normalized spacial score (nSPS) is 21.4. The van der Waals surface area contributed by atoms with Crippen molar-refractivity contribution in [2.24, 2.45) is 0 Å². The van der Waals surface area contributed by atoms with Crippen LogP contribution in [-0.4, -0.2) is 55.3 Å². The van der Waals surface area contributed by atoms with E-state index in [1.807, 2.05) is 0 Å². The number of rotatable bonds is 7. The monoisotopic (exact) mass is 485 g/mol. The van der Waals surface area contributed by atoms with Crippen molar-refractivity contribution < 1.29 is 31.1 Å². The molecule has 3 rings (SSSR count). The van der Waals surface area contributed by atoms with Crippen molar-refractivity contribution in [1.29, 1.82) is 0 Å². The van der Waals surface area contributed by atoms with E-state index in [-0.39, 0.29) is 0 Å². The van der Waals surface area contributed by atoms with E-state index in [1.54, 1.807) is 49.5 Å². The molecule has 180 valence electrons. The lowest BCUT2D eigenvalue weighted by molar-refractivity contribution is -0.159. The zero-order valence-corrected chi connectivity index (χ0v) is 19.4. The van der Waals surface area contributed by atoms with Crippen molar-refractivity contribution in [3.8, 4) is 11.1 Å². The van der Waals surface area contributed by atoms with Gasteiger partial charge in [0, 0.05) is 11.8 Å². The number of nitrogens with one attached hydrogen (secondary N) is 1. The molecule has 33 heavy (non-hydrogen) atoms. The number of halogens is 3. The number of aromatic nitrogens is 1. The fourth-order valence-electron chi connectivity index (χ4n) is 4.03. The van der Waals surface area contributed by atoms with Gasteiger partial charge >= 0.3 is 6.43 Å². The number of alkyl halides is 3. The van der Waals surface area contributed by atoms with Crippen LogP contribution < -0.4 is 4.72 Å². The number of pyridine rings is 1. The second kappa shape index (κ2) is 9.40. The fraction of sp³-hybridized carbons (Fsp3) is 0.455. The SMILES string of the molecule is CC(NS(C)(=O)=O)c1ccc(-c2ccc(C3OC(C)(C)N(C(=O)C(F)F)C3CF)cc2)cn1. The maximum absolute atomic E-state index is 13.8. The van der Waals surface area contributed by atoms with E-state index < -0.39 is 52.9 Å². The van der Waals surface area contributed by atoms with Crippen LogP contribution in [0.5, 0.6) is 0 Å². The molecule has 1 aliphatic rings. The molecule has 0 spiro atoms. The van der Waals surface area contributed by atoms with Crippen LogP contribution in [0, 0.1) is 0 Å². The molecular weight excluding hydrogens is 459 g/mol. The first-order valence-corrected chi connectivity index (χ1v) is 12.1. The zero-order chi connectivity index (χ0) is 24.6. The Balaban J connectivity index is 1.81. The van der Waals surface area contributed by atoms with Crippen LogP contribution in [0.15, 0.2) is 42.6 Å². The molecule has 3 unspecified atom stereocenters. The molecule has 1 aromatic carbocycles. The Morgan fingerprint density at radius 2 is 1.79 bits per heavy atom. The number of hydrogen-bond acceptors (Lipinski definition) is 5. The van der Waals surface area contributed by atoms with E-state index in [0.29, 0.717) is 11.3 Å². The Kier molecular flexibility index (Phi) is 7.15. The minimum atomic E-state index is -3.37. The van der Waals surface area contributed by atoms with Crippen molar-refractivity contribution in [2.75, 3.05) is 12.9 Å². The molecule has 1 saturated heterocycles. The largest absolute Gasteiger partial charge is 0.346 e. The van der Waals surface area contributed by atoms with Gasteiger partial charge in [-0.1, -0.05) is 30.3 Å². The highest BCUT2D eigenvalue weighted by molar-refractivity contribution is 7.88. The Morgan fingerprint density at radius 3 is 2.27 bits per heavy atom. The summed E-state index contributed by atoms with van der Waals surface area (Å²) in [6, 6.07) is 8.74. The second-order valence-corrected chi connectivity index (χ2v) is 10.2. The summed E-state index contributed by atoms with van der Waals surface area (Å²) in [4.78, 5) is 17.1. The molecule has 1 N–H and O–H groups in total. The lowest BCUT2D eigenvalue weighted by atomic mass is 9.99. The number of amides is 1. The van der Waals surface area contributed by atoms with Crippen LogP contribution in [0.4, 0.5) is 13.2 Å². The first kappa shape index (κ1) is 25.1. The van der Waals surface area contributed by atoms with Gasteiger partial charge < -0.3 is 9.64 Å². The van der Waals surface area contributed by atoms with Gasteiger partial charge in [0.15, 0.2) is 0 Å². The average Bonchev–Trinajstić information content (AvgIpc) is 3.02. The van der Waals surface area contributed by atoms with E-state index in [4.69, 9.17) is 4.74 Å². The van der Waals surface area contributed by atoms with E-state index in [2.05, 4.69) is 9.71 Å². The molecule has 7 nitrogen and oxygen atoms in total. The minimum Gasteiger partial charge on any atom is -0.346 e. The fourth-order valence-corrected chi connectivity index (χ4v) is 4.80. The molecule has 2 aromatic rings. The van der Waals surface area contributed by atoms with Gasteiger partial charge in [0.25, 0.3) is 5.91 Å². The van der Waals surface area contributed by atoms with Gasteiger partial charge in [-0.05, 0) is 38.0 Å². The molecule has 0 bridgehead atoms. The number of benzene rings is 1. The van der Waals surface area contributed by atoms with E-state index >= 15 is 0 Å². The summed E-state index contributed by atoms with van der Waals surface area (Å²) < 4.78 is 71.0. The summed E-state index contributed by atoms with van der Waals surface area (Å²) in [5.74, 6) is -1.47. The van der Waals surface area contributed by atoms with Gasteiger partial charge in [-0.15, -0.1) is 0 Å². The third-order valence-electron chi connectivity index (χ3n) is 5.45. The maximum atomic E-state index is 13.8. The molecule has 11 heteroatoms. The third-order valence-corrected chi connectivity index (χ3v) is 6.23. The first-order valence-electron chi connectivity index (χ1n) is 10.2. The van der Waals surface area contributed by atoms with Gasteiger partial charge in [-0.3, -0.25) is 9.78 Å². The summed E-state index contributed by atoms with van der Waals surface area (Å²) in [5, 5.41) is 0. The number of hydrogen-bond donors (Lipinski definition) is 1. The summed E-state index contributed by atoms with van der Waals surface area (Å²) in [7, 11) is -3.37. The maximum Gasteiger partial charge on any atom is 0.315 e. The molecule has 0 aliphatic carbocycles. The highest BCUT2D eigenvalue weighted by Crippen LogP contribution is 2.42. The van der Waals surface area contributed by atoms with Crippen LogP contribution in [0.2, 0.25) is 0 Å². The lowest BCUT2D eigenvalue weighted by Crippen LogP contribution is -2.51. The summed E-state index contributed by atoms with van der Waals surface area (Å²) >= 11 is 0. The van der Waals surface area contributed by atoms with Crippen LogP contribution in [0.1, 0.15) is 44.2 Å². The van der Waals surface area contributed by atoms with E-state index in [1.165, 1.54) is 13.8 Å². The highest BCUT2D eigenvalue weighted by Gasteiger charge is 2.52. The van der Waals surface area contributed by atoms with Crippen LogP contribution in [0.25, 0.3) is 11.1 Å². The van der Waals surface area contributed by atoms with Gasteiger partial charge in [-0.2, -0.15) is 8.78 Å². The standard InChI is InChI=1S/C22H26F3N3O4S/c1-13(27-33(4,30)31)17-10-9-16(12-26-17)14-5-7-15(8-6-14)19-18(11-23)28(21(29)20(24)25)22(2,3)32-19/h5-10,12-13,18-20,27H,11H2,1-4H3. The molecule has 1 fully saturated rings. The topological polar surface area (TPSA) is 88.6 Å². The van der Waals surface area contributed by atoms with Crippen LogP contribution >= 0.6 is 0 Å². The van der Waals surface area contributed by atoms with Crippen LogP contribution in [0.3, 0.4) is 0 Å². The predicted molar refractivity (Wildman–Crippen MR) is 117 cm³/mol. The van der Waals surface area contributed by atoms with Crippen molar-refractivity contribution in [3.63, 3.8) is 0 Å². The summed E-state index contributed by atoms with van der Waals surface area (Å²) in [5.41, 5.74) is 1.27. The lowest BCUT2D eigenvalue weighted by Gasteiger charge is -2.32. The van der Waals surface area contributed by atoms with Gasteiger partial charge in [0.2, 0.25) is 10.0 Å². The summed E-state index contributed by atoms with van der Waals surface area (Å²) in [6.07, 6.45) is -1.48. The van der Waals surface area contributed by atoms with E-state index in [9.17, 15) is 26.4 Å². The van der Waals surface area contributed by atoms with Gasteiger partial charge in [0.05, 0.1) is 24.0 Å². The Bertz CT molecular complexity index is 1090. The molecule has 0 saturated carbocycles. The molecule has 1 amide bonds. The third kappa shape index (κ3) is 5.53. The number of ether oxygens (including phenoxy) is 1. The van der Waals surface area contributed by atoms with Crippen molar-refractivity contribution >= 4 is 15.9 Å².